The standard InChI is InChI=1S/C12H10O2/c1-2-4-10-9(3-1)5-6-12-11(10)7-13-8-14-12/h1-6H,7-8H2. The van der Waals surface area contributed by atoms with Crippen molar-refractivity contribution in [3.05, 3.63) is 42.0 Å². The lowest BCUT2D eigenvalue weighted by atomic mass is 10.0. The number of fused-ring (bicyclic) bond motifs is 3. The van der Waals surface area contributed by atoms with E-state index in [0.29, 0.717) is 13.4 Å². The summed E-state index contributed by atoms with van der Waals surface area (Å²) in [5.74, 6) is 0.954. The summed E-state index contributed by atoms with van der Waals surface area (Å²) in [6.45, 7) is 1.02. The zero-order chi connectivity index (χ0) is 9.38. The molecule has 0 aliphatic carbocycles. The average Bonchev–Trinajstić information content (AvgIpc) is 2.29. The van der Waals surface area contributed by atoms with Gasteiger partial charge < -0.3 is 9.47 Å². The van der Waals surface area contributed by atoms with E-state index in [1.165, 1.54) is 10.8 Å². The Hall–Kier alpha value is -1.54. The summed E-state index contributed by atoms with van der Waals surface area (Å²) in [7, 11) is 0. The van der Waals surface area contributed by atoms with Gasteiger partial charge in [0.25, 0.3) is 0 Å². The summed E-state index contributed by atoms with van der Waals surface area (Å²) in [6, 6.07) is 12.4. The molecule has 0 spiro atoms. The zero-order valence-corrected chi connectivity index (χ0v) is 7.69. The largest absolute Gasteiger partial charge is 0.467 e. The van der Waals surface area contributed by atoms with E-state index in [4.69, 9.17) is 9.47 Å². The highest BCUT2D eigenvalue weighted by molar-refractivity contribution is 5.87. The molecule has 0 N–H and O–H groups in total. The van der Waals surface area contributed by atoms with Crippen molar-refractivity contribution < 1.29 is 9.47 Å². The van der Waals surface area contributed by atoms with Gasteiger partial charge in [0.2, 0.25) is 0 Å². The molecule has 2 heteroatoms. The second-order valence-electron chi connectivity index (χ2n) is 3.37. The van der Waals surface area contributed by atoms with Crippen molar-refractivity contribution in [3.8, 4) is 5.75 Å². The quantitative estimate of drug-likeness (QED) is 0.629. The Bertz CT molecular complexity index is 477. The highest BCUT2D eigenvalue weighted by atomic mass is 16.7. The van der Waals surface area contributed by atoms with Crippen LogP contribution in [0.25, 0.3) is 10.8 Å². The number of ether oxygens (including phenoxy) is 2. The van der Waals surface area contributed by atoms with Gasteiger partial charge in [0, 0.05) is 5.56 Å². The zero-order valence-electron chi connectivity index (χ0n) is 7.69. The maximum atomic E-state index is 5.41. The number of hydrogen-bond acceptors (Lipinski definition) is 2. The molecule has 1 aliphatic heterocycles. The fourth-order valence-electron chi connectivity index (χ4n) is 1.85. The highest BCUT2D eigenvalue weighted by Crippen LogP contribution is 2.30. The molecule has 0 saturated heterocycles. The van der Waals surface area contributed by atoms with Gasteiger partial charge in [-0.05, 0) is 16.8 Å². The third-order valence-corrected chi connectivity index (χ3v) is 2.54. The number of benzene rings is 2. The second kappa shape index (κ2) is 3.00. The molecular formula is C12H10O2. The normalized spacial score (nSPS) is 14.9. The molecule has 0 amide bonds. The monoisotopic (exact) mass is 186 g/mol. The Morgan fingerprint density at radius 2 is 1.93 bits per heavy atom. The van der Waals surface area contributed by atoms with Crippen molar-refractivity contribution in [1.82, 2.24) is 0 Å². The van der Waals surface area contributed by atoms with E-state index in [2.05, 4.69) is 18.2 Å². The van der Waals surface area contributed by atoms with Crippen LogP contribution in [0.15, 0.2) is 36.4 Å². The summed E-state index contributed by atoms with van der Waals surface area (Å²) in [6.07, 6.45) is 0. The van der Waals surface area contributed by atoms with Crippen LogP contribution in [-0.2, 0) is 11.3 Å². The van der Waals surface area contributed by atoms with Crippen molar-refractivity contribution in [2.24, 2.45) is 0 Å². The average molecular weight is 186 g/mol. The molecule has 2 aromatic rings. The Balaban J connectivity index is 2.34. The van der Waals surface area contributed by atoms with Gasteiger partial charge >= 0.3 is 0 Å². The molecule has 0 unspecified atom stereocenters. The predicted octanol–water partition coefficient (Wildman–Crippen LogP) is 2.71. The predicted molar refractivity (Wildman–Crippen MR) is 54.2 cm³/mol. The van der Waals surface area contributed by atoms with E-state index >= 15 is 0 Å². The number of rotatable bonds is 0. The summed E-state index contributed by atoms with van der Waals surface area (Å²) in [5, 5.41) is 2.46. The first kappa shape index (κ1) is 7.83. The fraction of sp³-hybridized carbons (Fsp3) is 0.167. The molecule has 0 aromatic heterocycles. The minimum absolute atomic E-state index is 0.366. The van der Waals surface area contributed by atoms with Crippen LogP contribution in [0.3, 0.4) is 0 Å². The van der Waals surface area contributed by atoms with Crippen LogP contribution in [0.5, 0.6) is 5.75 Å². The maximum absolute atomic E-state index is 5.41. The molecule has 70 valence electrons. The molecule has 1 heterocycles. The molecule has 14 heavy (non-hydrogen) atoms. The van der Waals surface area contributed by atoms with Gasteiger partial charge in [-0.25, -0.2) is 0 Å². The Morgan fingerprint density at radius 1 is 1.00 bits per heavy atom. The highest BCUT2D eigenvalue weighted by Gasteiger charge is 2.12. The molecule has 2 nitrogen and oxygen atoms in total. The first-order valence-corrected chi connectivity index (χ1v) is 4.66. The molecule has 1 aliphatic rings. The Kier molecular flexibility index (Phi) is 1.67. The van der Waals surface area contributed by atoms with Gasteiger partial charge in [-0.2, -0.15) is 0 Å². The third-order valence-electron chi connectivity index (χ3n) is 2.54. The van der Waals surface area contributed by atoms with E-state index in [-0.39, 0.29) is 0 Å². The van der Waals surface area contributed by atoms with Gasteiger partial charge in [0.15, 0.2) is 6.79 Å². The van der Waals surface area contributed by atoms with Crippen LogP contribution in [0, 0.1) is 0 Å². The lowest BCUT2D eigenvalue weighted by molar-refractivity contribution is -0.0154. The first-order chi connectivity index (χ1) is 6.95. The van der Waals surface area contributed by atoms with E-state index in [1.807, 2.05) is 18.2 Å². The van der Waals surface area contributed by atoms with E-state index in [0.717, 1.165) is 11.3 Å². The second-order valence-corrected chi connectivity index (χ2v) is 3.37. The first-order valence-electron chi connectivity index (χ1n) is 4.66. The van der Waals surface area contributed by atoms with Crippen molar-refractivity contribution in [1.29, 1.82) is 0 Å². The van der Waals surface area contributed by atoms with Crippen molar-refractivity contribution >= 4 is 10.8 Å². The van der Waals surface area contributed by atoms with Gasteiger partial charge in [0.05, 0.1) is 6.61 Å². The van der Waals surface area contributed by atoms with Gasteiger partial charge in [-0.1, -0.05) is 30.3 Å². The molecule has 2 aromatic carbocycles. The van der Waals surface area contributed by atoms with Gasteiger partial charge in [-0.15, -0.1) is 0 Å². The van der Waals surface area contributed by atoms with Crippen LogP contribution < -0.4 is 4.74 Å². The lowest BCUT2D eigenvalue weighted by Gasteiger charge is -2.19. The third kappa shape index (κ3) is 1.08. The summed E-state index contributed by atoms with van der Waals surface area (Å²) in [5.41, 5.74) is 1.16. The maximum Gasteiger partial charge on any atom is 0.189 e. The molecule has 0 radical (unpaired) electrons. The van der Waals surface area contributed by atoms with Crippen molar-refractivity contribution in [2.75, 3.05) is 6.79 Å². The smallest absolute Gasteiger partial charge is 0.189 e. The van der Waals surface area contributed by atoms with E-state index < -0.39 is 0 Å². The Morgan fingerprint density at radius 3 is 2.93 bits per heavy atom. The van der Waals surface area contributed by atoms with Crippen LogP contribution in [0.4, 0.5) is 0 Å². The van der Waals surface area contributed by atoms with Crippen LogP contribution in [0.2, 0.25) is 0 Å². The SMILES string of the molecule is c1ccc2c3c(ccc2c1)OCOC3. The minimum Gasteiger partial charge on any atom is -0.467 e. The summed E-state index contributed by atoms with van der Waals surface area (Å²) < 4.78 is 10.7. The summed E-state index contributed by atoms with van der Waals surface area (Å²) >= 11 is 0. The number of hydrogen-bond donors (Lipinski definition) is 0. The molecule has 0 saturated carbocycles. The van der Waals surface area contributed by atoms with Gasteiger partial charge in [-0.3, -0.25) is 0 Å². The summed E-state index contributed by atoms with van der Waals surface area (Å²) in [4.78, 5) is 0. The van der Waals surface area contributed by atoms with Crippen LogP contribution in [-0.4, -0.2) is 6.79 Å². The van der Waals surface area contributed by atoms with E-state index in [9.17, 15) is 0 Å². The molecular weight excluding hydrogens is 176 g/mol. The molecule has 0 fully saturated rings. The molecule has 0 bridgehead atoms. The lowest BCUT2D eigenvalue weighted by Crippen LogP contribution is -2.11. The van der Waals surface area contributed by atoms with E-state index in [1.54, 1.807) is 0 Å². The fourth-order valence-corrected chi connectivity index (χ4v) is 1.85. The molecule has 0 atom stereocenters. The molecule has 3 rings (SSSR count). The topological polar surface area (TPSA) is 18.5 Å². The van der Waals surface area contributed by atoms with Crippen molar-refractivity contribution in [2.45, 2.75) is 6.61 Å². The van der Waals surface area contributed by atoms with Crippen LogP contribution in [0.1, 0.15) is 5.56 Å². The Labute approximate surface area is 82.1 Å². The van der Waals surface area contributed by atoms with Crippen molar-refractivity contribution in [3.63, 3.8) is 0 Å². The van der Waals surface area contributed by atoms with Gasteiger partial charge in [0.1, 0.15) is 5.75 Å². The van der Waals surface area contributed by atoms with Crippen LogP contribution >= 0.6 is 0 Å². The minimum atomic E-state index is 0.366.